The zero-order valence-corrected chi connectivity index (χ0v) is 10.6. The van der Waals surface area contributed by atoms with Gasteiger partial charge in [0.1, 0.15) is 0 Å². The van der Waals surface area contributed by atoms with E-state index in [1.54, 1.807) is 6.08 Å². The number of hydrogen-bond donors (Lipinski definition) is 0. The molecule has 0 aliphatic rings. The van der Waals surface area contributed by atoms with Gasteiger partial charge in [0.25, 0.3) is 0 Å². The minimum Gasteiger partial charge on any atom is -0.466 e. The van der Waals surface area contributed by atoms with E-state index >= 15 is 0 Å². The van der Waals surface area contributed by atoms with E-state index in [9.17, 15) is 4.79 Å². The SMILES string of the molecule is C/C=C(\Cc1ccc2ccccc2c1)C(=O)OC. The average molecular weight is 240 g/mol. The summed E-state index contributed by atoms with van der Waals surface area (Å²) in [6, 6.07) is 14.4. The van der Waals surface area contributed by atoms with Gasteiger partial charge in [-0.05, 0) is 23.3 Å². The molecule has 0 saturated carbocycles. The Morgan fingerprint density at radius 3 is 2.56 bits per heavy atom. The van der Waals surface area contributed by atoms with Crippen LogP contribution in [-0.4, -0.2) is 13.1 Å². The largest absolute Gasteiger partial charge is 0.466 e. The van der Waals surface area contributed by atoms with Crippen molar-refractivity contribution in [2.75, 3.05) is 7.11 Å². The second-order valence-corrected chi connectivity index (χ2v) is 4.16. The highest BCUT2D eigenvalue weighted by molar-refractivity contribution is 5.89. The predicted molar refractivity (Wildman–Crippen MR) is 73.4 cm³/mol. The Labute approximate surface area is 107 Å². The van der Waals surface area contributed by atoms with Crippen LogP contribution in [0.3, 0.4) is 0 Å². The number of ether oxygens (including phenoxy) is 1. The average Bonchev–Trinajstić information content (AvgIpc) is 2.43. The van der Waals surface area contributed by atoms with Crippen LogP contribution >= 0.6 is 0 Å². The van der Waals surface area contributed by atoms with Crippen LogP contribution in [0.4, 0.5) is 0 Å². The third-order valence-corrected chi connectivity index (χ3v) is 3.00. The fraction of sp³-hybridized carbons (Fsp3) is 0.188. The van der Waals surface area contributed by atoms with E-state index in [-0.39, 0.29) is 5.97 Å². The molecule has 0 radical (unpaired) electrons. The number of allylic oxidation sites excluding steroid dienone is 1. The molecule has 0 heterocycles. The number of hydrogen-bond acceptors (Lipinski definition) is 2. The highest BCUT2D eigenvalue weighted by atomic mass is 16.5. The van der Waals surface area contributed by atoms with Crippen molar-refractivity contribution < 1.29 is 9.53 Å². The summed E-state index contributed by atoms with van der Waals surface area (Å²) in [5.74, 6) is -0.259. The lowest BCUT2D eigenvalue weighted by Crippen LogP contribution is -2.07. The molecule has 0 aliphatic carbocycles. The summed E-state index contributed by atoms with van der Waals surface area (Å²) in [5.41, 5.74) is 1.81. The van der Waals surface area contributed by atoms with Crippen LogP contribution in [0.2, 0.25) is 0 Å². The van der Waals surface area contributed by atoms with Gasteiger partial charge in [0.05, 0.1) is 7.11 Å². The van der Waals surface area contributed by atoms with E-state index < -0.39 is 0 Å². The zero-order chi connectivity index (χ0) is 13.0. The number of methoxy groups -OCH3 is 1. The minimum absolute atomic E-state index is 0.259. The van der Waals surface area contributed by atoms with Crippen LogP contribution < -0.4 is 0 Å². The first-order chi connectivity index (χ1) is 8.74. The quantitative estimate of drug-likeness (QED) is 0.606. The van der Waals surface area contributed by atoms with Gasteiger partial charge in [-0.1, -0.05) is 48.5 Å². The van der Waals surface area contributed by atoms with E-state index in [0.29, 0.717) is 12.0 Å². The zero-order valence-electron chi connectivity index (χ0n) is 10.6. The van der Waals surface area contributed by atoms with Crippen LogP contribution in [-0.2, 0) is 16.0 Å². The number of carbonyl (C=O) groups excluding carboxylic acids is 1. The molecule has 0 unspecified atom stereocenters. The lowest BCUT2D eigenvalue weighted by atomic mass is 10.0. The van der Waals surface area contributed by atoms with Crippen LogP contribution in [0, 0.1) is 0 Å². The van der Waals surface area contributed by atoms with Gasteiger partial charge in [-0.25, -0.2) is 4.79 Å². The molecule has 0 fully saturated rings. The van der Waals surface area contributed by atoms with E-state index in [0.717, 1.165) is 5.56 Å². The summed E-state index contributed by atoms with van der Waals surface area (Å²) >= 11 is 0. The van der Waals surface area contributed by atoms with Crippen LogP contribution in [0.1, 0.15) is 12.5 Å². The van der Waals surface area contributed by atoms with Crippen molar-refractivity contribution in [2.45, 2.75) is 13.3 Å². The summed E-state index contributed by atoms with van der Waals surface area (Å²) in [5, 5.41) is 2.40. The Kier molecular flexibility index (Phi) is 3.78. The maximum absolute atomic E-state index is 11.5. The van der Waals surface area contributed by atoms with Gasteiger partial charge in [0.15, 0.2) is 0 Å². The van der Waals surface area contributed by atoms with Gasteiger partial charge in [-0.3, -0.25) is 0 Å². The fourth-order valence-corrected chi connectivity index (χ4v) is 1.99. The molecule has 2 heteroatoms. The Morgan fingerprint density at radius 2 is 1.89 bits per heavy atom. The Balaban J connectivity index is 2.29. The number of rotatable bonds is 3. The lowest BCUT2D eigenvalue weighted by Gasteiger charge is -2.06. The van der Waals surface area contributed by atoms with Crippen molar-refractivity contribution in [2.24, 2.45) is 0 Å². The van der Waals surface area contributed by atoms with Gasteiger partial charge in [0.2, 0.25) is 0 Å². The third-order valence-electron chi connectivity index (χ3n) is 3.00. The molecule has 2 nitrogen and oxygen atoms in total. The van der Waals surface area contributed by atoms with Crippen molar-refractivity contribution in [3.8, 4) is 0 Å². The second kappa shape index (κ2) is 5.50. The summed E-state index contributed by atoms with van der Waals surface area (Å²) in [6.07, 6.45) is 2.41. The molecule has 0 bridgehead atoms. The van der Waals surface area contributed by atoms with Crippen LogP contribution in [0.5, 0.6) is 0 Å². The number of benzene rings is 2. The topological polar surface area (TPSA) is 26.3 Å². The number of fused-ring (bicyclic) bond motifs is 1. The van der Waals surface area contributed by atoms with E-state index in [1.165, 1.54) is 17.9 Å². The summed E-state index contributed by atoms with van der Waals surface area (Å²) < 4.78 is 4.76. The first kappa shape index (κ1) is 12.4. The molecule has 0 amide bonds. The molecule has 0 atom stereocenters. The van der Waals surface area contributed by atoms with Gasteiger partial charge in [-0.2, -0.15) is 0 Å². The summed E-state index contributed by atoms with van der Waals surface area (Å²) in [6.45, 7) is 1.85. The van der Waals surface area contributed by atoms with E-state index in [1.807, 2.05) is 19.1 Å². The Bertz CT molecular complexity index is 597. The number of esters is 1. The molecule has 0 saturated heterocycles. The van der Waals surface area contributed by atoms with E-state index in [4.69, 9.17) is 4.74 Å². The highest BCUT2D eigenvalue weighted by Crippen LogP contribution is 2.18. The van der Waals surface area contributed by atoms with Gasteiger partial charge in [-0.15, -0.1) is 0 Å². The number of carbonyl (C=O) groups is 1. The van der Waals surface area contributed by atoms with Crippen molar-refractivity contribution in [3.63, 3.8) is 0 Å². The summed E-state index contributed by atoms with van der Waals surface area (Å²) in [7, 11) is 1.41. The predicted octanol–water partition coefficient (Wildman–Crippen LogP) is 3.50. The molecule has 2 rings (SSSR count). The first-order valence-corrected chi connectivity index (χ1v) is 5.96. The summed E-state index contributed by atoms with van der Waals surface area (Å²) in [4.78, 5) is 11.5. The third kappa shape index (κ3) is 2.59. The fourth-order valence-electron chi connectivity index (χ4n) is 1.99. The lowest BCUT2D eigenvalue weighted by molar-refractivity contribution is -0.136. The van der Waals surface area contributed by atoms with Crippen molar-refractivity contribution in [3.05, 3.63) is 59.7 Å². The molecule has 2 aromatic rings. The molecular weight excluding hydrogens is 224 g/mol. The van der Waals surface area contributed by atoms with Crippen LogP contribution in [0.15, 0.2) is 54.1 Å². The molecule has 2 aromatic carbocycles. The molecule has 0 aliphatic heterocycles. The monoisotopic (exact) mass is 240 g/mol. The molecular formula is C16H16O2. The van der Waals surface area contributed by atoms with Gasteiger partial charge in [0, 0.05) is 12.0 Å². The van der Waals surface area contributed by atoms with Crippen molar-refractivity contribution in [1.82, 2.24) is 0 Å². The minimum atomic E-state index is -0.259. The normalized spacial score (nSPS) is 11.6. The van der Waals surface area contributed by atoms with Crippen LogP contribution in [0.25, 0.3) is 10.8 Å². The second-order valence-electron chi connectivity index (χ2n) is 4.16. The molecule has 0 spiro atoms. The van der Waals surface area contributed by atoms with Gasteiger partial charge >= 0.3 is 5.97 Å². The van der Waals surface area contributed by atoms with Crippen molar-refractivity contribution >= 4 is 16.7 Å². The smallest absolute Gasteiger partial charge is 0.333 e. The Morgan fingerprint density at radius 1 is 1.17 bits per heavy atom. The maximum atomic E-state index is 11.5. The molecule has 0 aromatic heterocycles. The van der Waals surface area contributed by atoms with Crippen molar-refractivity contribution in [1.29, 1.82) is 0 Å². The molecule has 18 heavy (non-hydrogen) atoms. The molecule has 92 valence electrons. The maximum Gasteiger partial charge on any atom is 0.333 e. The molecule has 0 N–H and O–H groups in total. The van der Waals surface area contributed by atoms with Gasteiger partial charge < -0.3 is 4.74 Å². The van der Waals surface area contributed by atoms with E-state index in [2.05, 4.69) is 30.3 Å². The highest BCUT2D eigenvalue weighted by Gasteiger charge is 2.09. The standard InChI is InChI=1S/C16H16O2/c1-3-13(16(17)18-2)10-12-8-9-14-6-4-5-7-15(14)11-12/h3-9,11H,10H2,1-2H3/b13-3+. The first-order valence-electron chi connectivity index (χ1n) is 5.96. The Hall–Kier alpha value is -2.09.